The normalized spacial score (nSPS) is 14.1. The first-order chi connectivity index (χ1) is 7.49. The Balaban J connectivity index is 2.75. The van der Waals surface area contributed by atoms with Gasteiger partial charge in [0.05, 0.1) is 6.54 Å². The molecule has 1 N–H and O–H groups in total. The maximum absolute atomic E-state index is 5.41. The van der Waals surface area contributed by atoms with Gasteiger partial charge in [-0.3, -0.25) is 0 Å². The fourth-order valence-corrected chi connectivity index (χ4v) is 1.52. The van der Waals surface area contributed by atoms with E-state index in [9.17, 15) is 0 Å². The maximum Gasteiger partial charge on any atom is 0.240 e. The summed E-state index contributed by atoms with van der Waals surface area (Å²) < 4.78 is 10.6. The Kier molecular flexibility index (Phi) is 4.44. The monoisotopic (exact) mass is 227 g/mol. The topological polar surface area (TPSA) is 60.2 Å². The van der Waals surface area contributed by atoms with Crippen molar-refractivity contribution in [1.29, 1.82) is 0 Å². The molecule has 92 valence electrons. The number of aromatic nitrogens is 2. The van der Waals surface area contributed by atoms with Gasteiger partial charge in [-0.05, 0) is 12.0 Å². The highest BCUT2D eigenvalue weighted by molar-refractivity contribution is 4.96. The van der Waals surface area contributed by atoms with Crippen molar-refractivity contribution in [1.82, 2.24) is 15.5 Å². The van der Waals surface area contributed by atoms with Crippen LogP contribution in [0.4, 0.5) is 0 Å². The third kappa shape index (κ3) is 3.28. The minimum Gasteiger partial charge on any atom is -0.373 e. The van der Waals surface area contributed by atoms with Gasteiger partial charge < -0.3 is 14.6 Å². The average molecular weight is 227 g/mol. The van der Waals surface area contributed by atoms with Crippen LogP contribution in [0, 0.1) is 5.41 Å². The molecule has 16 heavy (non-hydrogen) atoms. The number of nitrogens with zero attached hydrogens (tertiary/aromatic N) is 2. The largest absolute Gasteiger partial charge is 0.373 e. The quantitative estimate of drug-likeness (QED) is 0.832. The van der Waals surface area contributed by atoms with E-state index in [1.54, 1.807) is 7.11 Å². The van der Waals surface area contributed by atoms with Crippen molar-refractivity contribution in [2.24, 2.45) is 5.41 Å². The second-order valence-corrected chi connectivity index (χ2v) is 4.81. The van der Waals surface area contributed by atoms with E-state index in [1.807, 2.05) is 6.92 Å². The second kappa shape index (κ2) is 5.41. The molecule has 1 unspecified atom stereocenters. The molecule has 0 radical (unpaired) electrons. The zero-order valence-corrected chi connectivity index (χ0v) is 10.7. The zero-order chi connectivity index (χ0) is 12.2. The lowest BCUT2D eigenvalue weighted by Gasteiger charge is -2.26. The Labute approximate surface area is 96.6 Å². The number of hydrogen-bond donors (Lipinski definition) is 1. The van der Waals surface area contributed by atoms with Crippen molar-refractivity contribution in [3.05, 3.63) is 11.7 Å². The van der Waals surface area contributed by atoms with E-state index in [0.717, 1.165) is 6.54 Å². The van der Waals surface area contributed by atoms with Crippen LogP contribution in [-0.4, -0.2) is 23.8 Å². The molecule has 1 aromatic rings. The van der Waals surface area contributed by atoms with E-state index in [4.69, 9.17) is 9.26 Å². The van der Waals surface area contributed by atoms with Gasteiger partial charge in [0, 0.05) is 7.11 Å². The van der Waals surface area contributed by atoms with Crippen molar-refractivity contribution >= 4 is 0 Å². The van der Waals surface area contributed by atoms with Crippen molar-refractivity contribution < 1.29 is 9.26 Å². The van der Waals surface area contributed by atoms with E-state index < -0.39 is 0 Å². The molecule has 1 heterocycles. The van der Waals surface area contributed by atoms with E-state index in [-0.39, 0.29) is 11.5 Å². The Morgan fingerprint density at radius 1 is 1.44 bits per heavy atom. The van der Waals surface area contributed by atoms with Crippen molar-refractivity contribution in [3.8, 4) is 0 Å². The highest BCUT2D eigenvalue weighted by atomic mass is 16.5. The maximum atomic E-state index is 5.41. The summed E-state index contributed by atoms with van der Waals surface area (Å²) in [5.74, 6) is 1.21. The summed E-state index contributed by atoms with van der Waals surface area (Å²) in [6.07, 6.45) is -0.147. The summed E-state index contributed by atoms with van der Waals surface area (Å²) in [5.41, 5.74) is -0.0475. The van der Waals surface area contributed by atoms with Crippen LogP contribution in [0.2, 0.25) is 0 Å². The van der Waals surface area contributed by atoms with Crippen LogP contribution in [0.15, 0.2) is 4.52 Å². The summed E-state index contributed by atoms with van der Waals surface area (Å²) in [4.78, 5) is 4.32. The molecule has 0 aromatic carbocycles. The lowest BCUT2D eigenvalue weighted by molar-refractivity contribution is 0.00718. The first-order valence-electron chi connectivity index (χ1n) is 5.55. The number of nitrogens with one attached hydrogen (secondary N) is 1. The number of rotatable bonds is 5. The molecule has 1 atom stereocenters. The average Bonchev–Trinajstić information content (AvgIpc) is 2.62. The molecule has 1 aromatic heterocycles. The third-order valence-corrected chi connectivity index (χ3v) is 2.27. The molecule has 5 nitrogen and oxygen atoms in total. The molecule has 0 saturated heterocycles. The highest BCUT2D eigenvalue weighted by Crippen LogP contribution is 2.33. The fraction of sp³-hybridized carbons (Fsp3) is 0.818. The highest BCUT2D eigenvalue weighted by Gasteiger charge is 2.30. The fourth-order valence-electron chi connectivity index (χ4n) is 1.52. The SMILES string of the molecule is CCNCc1nc(C(OC)C(C)(C)C)no1. The van der Waals surface area contributed by atoms with Gasteiger partial charge in [-0.1, -0.05) is 32.9 Å². The van der Waals surface area contributed by atoms with Gasteiger partial charge in [0.2, 0.25) is 11.7 Å². The lowest BCUT2D eigenvalue weighted by atomic mass is 9.88. The molecule has 0 spiro atoms. The first-order valence-corrected chi connectivity index (χ1v) is 5.55. The van der Waals surface area contributed by atoms with Crippen LogP contribution in [0.25, 0.3) is 0 Å². The predicted molar refractivity (Wildman–Crippen MR) is 60.9 cm³/mol. The lowest BCUT2D eigenvalue weighted by Crippen LogP contribution is -2.21. The first kappa shape index (κ1) is 13.1. The Morgan fingerprint density at radius 2 is 2.12 bits per heavy atom. The molecule has 0 aliphatic rings. The Hall–Kier alpha value is -0.940. The predicted octanol–water partition coefficient (Wildman–Crippen LogP) is 1.91. The molecule has 0 amide bonds. The summed E-state index contributed by atoms with van der Waals surface area (Å²) in [6, 6.07) is 0. The zero-order valence-electron chi connectivity index (χ0n) is 10.7. The molecular weight excluding hydrogens is 206 g/mol. The van der Waals surface area contributed by atoms with Crippen LogP contribution in [0.3, 0.4) is 0 Å². The van der Waals surface area contributed by atoms with Gasteiger partial charge in [-0.25, -0.2) is 0 Å². The van der Waals surface area contributed by atoms with E-state index >= 15 is 0 Å². The van der Waals surface area contributed by atoms with Crippen molar-refractivity contribution in [2.75, 3.05) is 13.7 Å². The molecule has 0 aliphatic carbocycles. The number of hydrogen-bond acceptors (Lipinski definition) is 5. The van der Waals surface area contributed by atoms with Gasteiger partial charge in [0.25, 0.3) is 0 Å². The van der Waals surface area contributed by atoms with Crippen molar-refractivity contribution in [3.63, 3.8) is 0 Å². The molecule has 0 fully saturated rings. The molecule has 0 bridgehead atoms. The minimum absolute atomic E-state index is 0.0475. The van der Waals surface area contributed by atoms with E-state index in [2.05, 4.69) is 36.2 Å². The summed E-state index contributed by atoms with van der Waals surface area (Å²) in [5, 5.41) is 7.09. The summed E-state index contributed by atoms with van der Waals surface area (Å²) in [6.45, 7) is 9.77. The standard InChI is InChI=1S/C11H21N3O2/c1-6-12-7-8-13-10(14-16-8)9(15-5)11(2,3)4/h9,12H,6-7H2,1-5H3. The van der Waals surface area contributed by atoms with Gasteiger partial charge in [-0.2, -0.15) is 4.98 Å². The van der Waals surface area contributed by atoms with E-state index in [1.165, 1.54) is 0 Å². The third-order valence-electron chi connectivity index (χ3n) is 2.27. The summed E-state index contributed by atoms with van der Waals surface area (Å²) in [7, 11) is 1.66. The van der Waals surface area contributed by atoms with Gasteiger partial charge in [0.1, 0.15) is 6.10 Å². The number of ether oxygens (including phenoxy) is 1. The van der Waals surface area contributed by atoms with Crippen LogP contribution >= 0.6 is 0 Å². The van der Waals surface area contributed by atoms with Crippen LogP contribution in [0.5, 0.6) is 0 Å². The Bertz CT molecular complexity index is 317. The molecule has 0 saturated carbocycles. The Morgan fingerprint density at radius 3 is 2.62 bits per heavy atom. The smallest absolute Gasteiger partial charge is 0.240 e. The molecule has 5 heteroatoms. The summed E-state index contributed by atoms with van der Waals surface area (Å²) >= 11 is 0. The van der Waals surface area contributed by atoms with Gasteiger partial charge in [-0.15, -0.1) is 0 Å². The molecule has 1 rings (SSSR count). The molecule has 0 aliphatic heterocycles. The number of methoxy groups -OCH3 is 1. The van der Waals surface area contributed by atoms with E-state index in [0.29, 0.717) is 18.3 Å². The van der Waals surface area contributed by atoms with Crippen LogP contribution < -0.4 is 5.32 Å². The second-order valence-electron chi connectivity index (χ2n) is 4.81. The van der Waals surface area contributed by atoms with Crippen molar-refractivity contribution in [2.45, 2.75) is 40.3 Å². The molecular formula is C11H21N3O2. The van der Waals surface area contributed by atoms with Crippen LogP contribution in [-0.2, 0) is 11.3 Å². The van der Waals surface area contributed by atoms with Crippen LogP contribution in [0.1, 0.15) is 45.5 Å². The minimum atomic E-state index is -0.147. The van der Waals surface area contributed by atoms with Gasteiger partial charge >= 0.3 is 0 Å². The van der Waals surface area contributed by atoms with Gasteiger partial charge in [0.15, 0.2) is 0 Å².